The summed E-state index contributed by atoms with van der Waals surface area (Å²) in [5.74, 6) is 0.340. The topological polar surface area (TPSA) is 92.7 Å². The van der Waals surface area contributed by atoms with Crippen molar-refractivity contribution < 1.29 is 14.0 Å². The van der Waals surface area contributed by atoms with Crippen molar-refractivity contribution in [1.29, 1.82) is 0 Å². The Morgan fingerprint density at radius 3 is 2.71 bits per heavy atom. The molecule has 1 fully saturated rings. The molecule has 2 N–H and O–H groups in total. The zero-order chi connectivity index (χ0) is 12.3. The van der Waals surface area contributed by atoms with Gasteiger partial charge < -0.3 is 20.0 Å². The van der Waals surface area contributed by atoms with Crippen molar-refractivity contribution in [1.82, 2.24) is 14.8 Å². The van der Waals surface area contributed by atoms with Crippen LogP contribution in [0.3, 0.4) is 0 Å². The molecule has 0 unspecified atom stereocenters. The number of aromatic nitrogens is 1. The molecule has 1 aliphatic heterocycles. The molecule has 1 aromatic heterocycles. The first kappa shape index (κ1) is 11.6. The van der Waals surface area contributed by atoms with E-state index in [4.69, 9.17) is 10.2 Å². The zero-order valence-electron chi connectivity index (χ0n) is 9.33. The molecular weight excluding hydrogens is 224 g/mol. The number of carbonyl (C=O) groups excluding carboxylic acids is 2. The van der Waals surface area contributed by atoms with E-state index < -0.39 is 0 Å². The highest BCUT2D eigenvalue weighted by atomic mass is 16.4. The van der Waals surface area contributed by atoms with E-state index in [-0.39, 0.29) is 18.2 Å². The van der Waals surface area contributed by atoms with Crippen LogP contribution in [0.15, 0.2) is 10.6 Å². The number of hydrogen-bond acceptors (Lipinski definition) is 5. The van der Waals surface area contributed by atoms with Gasteiger partial charge >= 0.3 is 0 Å². The van der Waals surface area contributed by atoms with Crippen LogP contribution in [0.4, 0.5) is 0 Å². The van der Waals surface area contributed by atoms with Crippen molar-refractivity contribution in [3.8, 4) is 0 Å². The lowest BCUT2D eigenvalue weighted by Crippen LogP contribution is -2.48. The van der Waals surface area contributed by atoms with E-state index in [2.05, 4.69) is 4.98 Å². The van der Waals surface area contributed by atoms with Crippen LogP contribution in [0.25, 0.3) is 0 Å². The van der Waals surface area contributed by atoms with Gasteiger partial charge in [-0.1, -0.05) is 0 Å². The zero-order valence-corrected chi connectivity index (χ0v) is 9.33. The van der Waals surface area contributed by atoms with Crippen LogP contribution in [-0.4, -0.2) is 53.3 Å². The second-order valence-electron chi connectivity index (χ2n) is 3.76. The summed E-state index contributed by atoms with van der Waals surface area (Å²) in [7, 11) is 0. The molecule has 0 aromatic carbocycles. The molecule has 17 heavy (non-hydrogen) atoms. The third-order valence-corrected chi connectivity index (χ3v) is 2.69. The molecule has 2 heterocycles. The number of carbonyl (C=O) groups is 2. The van der Waals surface area contributed by atoms with Crippen molar-refractivity contribution in [3.05, 3.63) is 17.8 Å². The van der Waals surface area contributed by atoms with Crippen molar-refractivity contribution in [2.75, 3.05) is 26.2 Å². The molecular formula is C10H14N4O3. The Bertz CT molecular complexity index is 409. The second-order valence-corrected chi connectivity index (χ2v) is 3.76. The average molecular weight is 238 g/mol. The fraction of sp³-hybridized carbons (Fsp3) is 0.500. The van der Waals surface area contributed by atoms with E-state index in [1.54, 1.807) is 9.80 Å². The van der Waals surface area contributed by atoms with Gasteiger partial charge in [0.15, 0.2) is 0 Å². The van der Waals surface area contributed by atoms with Crippen LogP contribution in [0.2, 0.25) is 0 Å². The fourth-order valence-corrected chi connectivity index (χ4v) is 1.69. The number of piperazine rings is 1. The summed E-state index contributed by atoms with van der Waals surface area (Å²) < 4.78 is 5.19. The minimum atomic E-state index is -0.206. The van der Waals surface area contributed by atoms with Gasteiger partial charge in [0.1, 0.15) is 0 Å². The van der Waals surface area contributed by atoms with Gasteiger partial charge in [0.2, 0.25) is 18.1 Å². The molecule has 2 amide bonds. The number of rotatable bonds is 3. The molecule has 1 aromatic rings. The van der Waals surface area contributed by atoms with Crippen molar-refractivity contribution in [3.63, 3.8) is 0 Å². The Hall–Kier alpha value is -1.89. The molecule has 1 saturated heterocycles. The molecule has 0 atom stereocenters. The van der Waals surface area contributed by atoms with E-state index in [0.29, 0.717) is 32.1 Å². The number of nitrogens with two attached hydrogens (primary N) is 1. The van der Waals surface area contributed by atoms with E-state index in [9.17, 15) is 9.59 Å². The van der Waals surface area contributed by atoms with Gasteiger partial charge in [-0.15, -0.1) is 0 Å². The van der Waals surface area contributed by atoms with Gasteiger partial charge in [-0.25, -0.2) is 4.98 Å². The number of hydrogen-bond donors (Lipinski definition) is 1. The van der Waals surface area contributed by atoms with Gasteiger partial charge in [-0.3, -0.25) is 9.59 Å². The molecule has 0 saturated carbocycles. The molecule has 92 valence electrons. The maximum atomic E-state index is 12.0. The highest BCUT2D eigenvalue weighted by Gasteiger charge is 2.23. The predicted molar refractivity (Wildman–Crippen MR) is 57.9 cm³/mol. The predicted octanol–water partition coefficient (Wildman–Crippen LogP) is -0.952. The molecule has 2 rings (SSSR count). The third-order valence-electron chi connectivity index (χ3n) is 2.69. The quantitative estimate of drug-likeness (QED) is 0.685. The first-order valence-electron chi connectivity index (χ1n) is 5.38. The van der Waals surface area contributed by atoms with Crippen molar-refractivity contribution in [2.45, 2.75) is 6.54 Å². The number of amides is 2. The van der Waals surface area contributed by atoms with Crippen LogP contribution >= 0.6 is 0 Å². The molecule has 0 bridgehead atoms. The molecule has 0 spiro atoms. The lowest BCUT2D eigenvalue weighted by Gasteiger charge is -2.31. The number of oxazole rings is 1. The van der Waals surface area contributed by atoms with Crippen LogP contribution in [-0.2, 0) is 11.3 Å². The third kappa shape index (κ3) is 2.44. The molecule has 7 nitrogen and oxygen atoms in total. The van der Waals surface area contributed by atoms with Gasteiger partial charge in [0, 0.05) is 26.2 Å². The smallest absolute Gasteiger partial charge is 0.291 e. The lowest BCUT2D eigenvalue weighted by molar-refractivity contribution is -0.119. The maximum absolute atomic E-state index is 12.0. The highest BCUT2D eigenvalue weighted by molar-refractivity contribution is 5.91. The minimum Gasteiger partial charge on any atom is -0.434 e. The van der Waals surface area contributed by atoms with E-state index in [0.717, 1.165) is 6.41 Å². The SMILES string of the molecule is NCc1ncc(C(=O)N2CCN(C=O)CC2)o1. The van der Waals surface area contributed by atoms with E-state index >= 15 is 0 Å². The second kappa shape index (κ2) is 4.96. The van der Waals surface area contributed by atoms with E-state index in [1.165, 1.54) is 6.20 Å². The normalized spacial score (nSPS) is 16.1. The number of nitrogens with zero attached hydrogens (tertiary/aromatic N) is 3. The van der Waals surface area contributed by atoms with Crippen molar-refractivity contribution >= 4 is 12.3 Å². The van der Waals surface area contributed by atoms with Gasteiger partial charge in [0.05, 0.1) is 12.7 Å². The monoisotopic (exact) mass is 238 g/mol. The summed E-state index contributed by atoms with van der Waals surface area (Å²) in [5.41, 5.74) is 5.35. The summed E-state index contributed by atoms with van der Waals surface area (Å²) in [4.78, 5) is 29.6. The first-order chi connectivity index (χ1) is 8.24. The standard InChI is InChI=1S/C10H14N4O3/c11-5-9-12-6-8(17-9)10(16)14-3-1-13(7-15)2-4-14/h6-7H,1-5,11H2. The lowest BCUT2D eigenvalue weighted by atomic mass is 10.3. The Kier molecular flexibility index (Phi) is 3.38. The van der Waals surface area contributed by atoms with E-state index in [1.807, 2.05) is 0 Å². The largest absolute Gasteiger partial charge is 0.434 e. The summed E-state index contributed by atoms with van der Waals surface area (Å²) in [6, 6.07) is 0. The van der Waals surface area contributed by atoms with Crippen LogP contribution in [0.5, 0.6) is 0 Å². The van der Waals surface area contributed by atoms with Crippen LogP contribution < -0.4 is 5.73 Å². The first-order valence-corrected chi connectivity index (χ1v) is 5.38. The average Bonchev–Trinajstić information content (AvgIpc) is 2.87. The fourth-order valence-electron chi connectivity index (χ4n) is 1.69. The highest BCUT2D eigenvalue weighted by Crippen LogP contribution is 2.09. The Balaban J connectivity index is 1.98. The molecule has 0 aliphatic carbocycles. The van der Waals surface area contributed by atoms with Gasteiger partial charge in [0.25, 0.3) is 5.91 Å². The van der Waals surface area contributed by atoms with Crippen LogP contribution in [0.1, 0.15) is 16.4 Å². The summed E-state index contributed by atoms with van der Waals surface area (Å²) in [6.07, 6.45) is 2.18. The minimum absolute atomic E-state index is 0.173. The van der Waals surface area contributed by atoms with Crippen molar-refractivity contribution in [2.24, 2.45) is 5.73 Å². The summed E-state index contributed by atoms with van der Waals surface area (Å²) in [5, 5.41) is 0. The van der Waals surface area contributed by atoms with Crippen LogP contribution in [0, 0.1) is 0 Å². The van der Waals surface area contributed by atoms with Gasteiger partial charge in [-0.2, -0.15) is 0 Å². The molecule has 0 radical (unpaired) electrons. The van der Waals surface area contributed by atoms with Gasteiger partial charge in [-0.05, 0) is 0 Å². The molecule has 1 aliphatic rings. The Morgan fingerprint density at radius 1 is 1.47 bits per heavy atom. The summed E-state index contributed by atoms with van der Waals surface area (Å²) in [6.45, 7) is 2.29. The maximum Gasteiger partial charge on any atom is 0.291 e. The molecule has 7 heteroatoms. The summed E-state index contributed by atoms with van der Waals surface area (Å²) >= 11 is 0. The Labute approximate surface area is 98.2 Å². The Morgan fingerprint density at radius 2 is 2.18 bits per heavy atom.